The van der Waals surface area contributed by atoms with Gasteiger partial charge < -0.3 is 29.8 Å². The molecule has 5 rings (SSSR count). The van der Waals surface area contributed by atoms with Crippen LogP contribution in [-0.4, -0.2) is 68.8 Å². The van der Waals surface area contributed by atoms with Crippen molar-refractivity contribution < 1.29 is 24.2 Å². The van der Waals surface area contributed by atoms with E-state index in [-0.39, 0.29) is 34.7 Å². The van der Waals surface area contributed by atoms with Crippen LogP contribution in [0.3, 0.4) is 0 Å². The van der Waals surface area contributed by atoms with Crippen molar-refractivity contribution in [3.8, 4) is 0 Å². The highest BCUT2D eigenvalue weighted by Gasteiger charge is 2.33. The number of nitrogens with one attached hydrogen (secondary N) is 2. The number of carbonyl (C=O) groups is 2. The van der Waals surface area contributed by atoms with Gasteiger partial charge in [0.15, 0.2) is 0 Å². The zero-order valence-corrected chi connectivity index (χ0v) is 25.7. The molecule has 3 aromatic rings. The van der Waals surface area contributed by atoms with Crippen molar-refractivity contribution in [3.05, 3.63) is 52.6 Å². The summed E-state index contributed by atoms with van der Waals surface area (Å²) in [5.74, 6) is -0.0523. The molecule has 3 heterocycles. The number of hydrogen-bond acceptors (Lipinski definition) is 8. The molecule has 12 heteroatoms. The van der Waals surface area contributed by atoms with Crippen molar-refractivity contribution in [3.63, 3.8) is 0 Å². The SMILES string of the molecule is COC1(C)CCC(n2cccc(Nc3cc(N(C)C(=O)OC(C)(C)C)n4ncc(C(=O)NC5CCC5O)c4c3)c2=O)CC1. The first kappa shape index (κ1) is 30.6. The quantitative estimate of drug-likeness (QED) is 0.366. The molecule has 0 spiro atoms. The molecule has 43 heavy (non-hydrogen) atoms. The Hall–Kier alpha value is -3.90. The van der Waals surface area contributed by atoms with Gasteiger partial charge in [-0.15, -0.1) is 0 Å². The van der Waals surface area contributed by atoms with Crippen LogP contribution in [0.15, 0.2) is 41.5 Å². The first-order chi connectivity index (χ1) is 20.3. The number of rotatable bonds is 7. The maximum Gasteiger partial charge on any atom is 0.415 e. The highest BCUT2D eigenvalue weighted by atomic mass is 16.6. The average Bonchev–Trinajstić information content (AvgIpc) is 3.39. The van der Waals surface area contributed by atoms with E-state index in [1.807, 2.05) is 12.3 Å². The fourth-order valence-electron chi connectivity index (χ4n) is 5.62. The molecule has 3 aromatic heterocycles. The number of amides is 2. The second-order valence-electron chi connectivity index (χ2n) is 12.9. The Morgan fingerprint density at radius 2 is 1.88 bits per heavy atom. The van der Waals surface area contributed by atoms with Crippen LogP contribution in [0.4, 0.5) is 22.0 Å². The van der Waals surface area contributed by atoms with Crippen LogP contribution in [0, 0.1) is 0 Å². The number of ether oxygens (including phenoxy) is 2. The van der Waals surface area contributed by atoms with Crippen LogP contribution in [0.25, 0.3) is 5.52 Å². The molecule has 12 nitrogen and oxygen atoms in total. The zero-order valence-electron chi connectivity index (χ0n) is 25.7. The summed E-state index contributed by atoms with van der Waals surface area (Å²) in [7, 11) is 3.29. The Morgan fingerprint density at radius 1 is 1.16 bits per heavy atom. The van der Waals surface area contributed by atoms with Crippen molar-refractivity contribution >= 4 is 34.7 Å². The summed E-state index contributed by atoms with van der Waals surface area (Å²) in [5.41, 5.74) is 0.477. The molecular formula is C31H42N6O6. The maximum atomic E-state index is 13.6. The number of hydrogen-bond donors (Lipinski definition) is 3. The van der Waals surface area contributed by atoms with Gasteiger partial charge in [-0.05, 0) is 84.4 Å². The molecule has 2 fully saturated rings. The van der Waals surface area contributed by atoms with E-state index in [9.17, 15) is 19.5 Å². The number of carbonyl (C=O) groups excluding carboxylic acids is 2. The van der Waals surface area contributed by atoms with Gasteiger partial charge in [0.1, 0.15) is 17.1 Å². The summed E-state index contributed by atoms with van der Waals surface area (Å²) < 4.78 is 14.5. The molecule has 0 aliphatic heterocycles. The first-order valence-electron chi connectivity index (χ1n) is 14.8. The normalized spacial score (nSPS) is 23.8. The van der Waals surface area contributed by atoms with Gasteiger partial charge >= 0.3 is 6.09 Å². The summed E-state index contributed by atoms with van der Waals surface area (Å²) >= 11 is 0. The molecule has 2 unspecified atom stereocenters. The third-order valence-electron chi connectivity index (χ3n) is 8.56. The Bertz CT molecular complexity index is 1560. The van der Waals surface area contributed by atoms with Gasteiger partial charge in [-0.25, -0.2) is 9.31 Å². The zero-order chi connectivity index (χ0) is 31.1. The van der Waals surface area contributed by atoms with Crippen molar-refractivity contribution in [1.29, 1.82) is 0 Å². The monoisotopic (exact) mass is 594 g/mol. The lowest BCUT2D eigenvalue weighted by molar-refractivity contribution is -0.0324. The van der Waals surface area contributed by atoms with Gasteiger partial charge in [0.25, 0.3) is 11.5 Å². The van der Waals surface area contributed by atoms with E-state index in [2.05, 4.69) is 22.7 Å². The molecule has 2 amide bonds. The van der Waals surface area contributed by atoms with Crippen LogP contribution in [0.5, 0.6) is 0 Å². The Morgan fingerprint density at radius 3 is 2.49 bits per heavy atom. The van der Waals surface area contributed by atoms with Crippen LogP contribution >= 0.6 is 0 Å². The molecule has 232 valence electrons. The average molecular weight is 595 g/mol. The third-order valence-corrected chi connectivity index (χ3v) is 8.56. The number of anilines is 3. The fourth-order valence-corrected chi connectivity index (χ4v) is 5.62. The number of aliphatic hydroxyl groups excluding tert-OH is 1. The van der Waals surface area contributed by atoms with E-state index in [0.717, 1.165) is 25.7 Å². The molecule has 2 aliphatic carbocycles. The van der Waals surface area contributed by atoms with E-state index >= 15 is 0 Å². The maximum absolute atomic E-state index is 13.6. The highest BCUT2D eigenvalue weighted by molar-refractivity contribution is 6.02. The minimum absolute atomic E-state index is 0.0563. The largest absolute Gasteiger partial charge is 0.443 e. The minimum atomic E-state index is -0.728. The van der Waals surface area contributed by atoms with Gasteiger partial charge in [-0.2, -0.15) is 5.10 Å². The van der Waals surface area contributed by atoms with E-state index in [4.69, 9.17) is 9.47 Å². The molecule has 0 radical (unpaired) electrons. The number of aromatic nitrogens is 3. The second kappa shape index (κ2) is 11.6. The molecule has 3 N–H and O–H groups in total. The first-order valence-corrected chi connectivity index (χ1v) is 14.8. The summed E-state index contributed by atoms with van der Waals surface area (Å²) in [4.78, 5) is 41.2. The Kier molecular flexibility index (Phi) is 8.28. The number of nitrogens with zero attached hydrogens (tertiary/aromatic N) is 4. The van der Waals surface area contributed by atoms with Gasteiger partial charge in [0, 0.05) is 38.1 Å². The Labute approximate surface area is 251 Å². The van der Waals surface area contributed by atoms with Crippen molar-refractivity contribution in [2.24, 2.45) is 0 Å². The molecule has 0 saturated heterocycles. The van der Waals surface area contributed by atoms with E-state index in [0.29, 0.717) is 35.6 Å². The lowest BCUT2D eigenvalue weighted by Crippen LogP contribution is -2.50. The number of methoxy groups -OCH3 is 1. The molecular weight excluding hydrogens is 552 g/mol. The van der Waals surface area contributed by atoms with Crippen molar-refractivity contribution in [1.82, 2.24) is 19.5 Å². The van der Waals surface area contributed by atoms with E-state index in [1.54, 1.807) is 57.7 Å². The van der Waals surface area contributed by atoms with Gasteiger partial charge in [-0.3, -0.25) is 14.5 Å². The third kappa shape index (κ3) is 6.40. The van der Waals surface area contributed by atoms with Crippen molar-refractivity contribution in [2.75, 3.05) is 24.4 Å². The summed E-state index contributed by atoms with van der Waals surface area (Å²) in [6.07, 6.45) is 6.76. The van der Waals surface area contributed by atoms with Crippen LogP contribution in [0.2, 0.25) is 0 Å². The van der Waals surface area contributed by atoms with Crippen LogP contribution in [0.1, 0.15) is 82.6 Å². The highest BCUT2D eigenvalue weighted by Crippen LogP contribution is 2.36. The summed E-state index contributed by atoms with van der Waals surface area (Å²) in [6, 6.07) is 6.68. The predicted molar refractivity (Wildman–Crippen MR) is 163 cm³/mol. The molecule has 2 saturated carbocycles. The molecule has 0 aromatic carbocycles. The molecule has 2 atom stereocenters. The minimum Gasteiger partial charge on any atom is -0.443 e. The number of pyridine rings is 2. The van der Waals surface area contributed by atoms with E-state index in [1.165, 1.54) is 15.6 Å². The van der Waals surface area contributed by atoms with Gasteiger partial charge in [0.05, 0.1) is 35.0 Å². The van der Waals surface area contributed by atoms with Gasteiger partial charge in [0.2, 0.25) is 0 Å². The van der Waals surface area contributed by atoms with E-state index < -0.39 is 17.8 Å². The standard InChI is InChI=1S/C31H42N6O6/c1-30(2,3)43-29(41)35(5)26-17-19(16-24-21(18-32-37(24)26)27(39)34-22-9-10-25(22)38)33-23-8-7-15-36(28(23)40)20-11-13-31(4,42-6)14-12-20/h7-8,15-18,20,22,25,33,38H,9-14H2,1-6H3,(H,34,39). The number of fused-ring (bicyclic) bond motifs is 1. The Balaban J connectivity index is 1.50. The van der Waals surface area contributed by atoms with Crippen molar-refractivity contribution in [2.45, 2.75) is 95.6 Å². The number of aliphatic hydroxyl groups is 1. The lowest BCUT2D eigenvalue weighted by atomic mass is 9.83. The second-order valence-corrected chi connectivity index (χ2v) is 12.9. The van der Waals surface area contributed by atoms with Crippen LogP contribution in [-0.2, 0) is 9.47 Å². The smallest absolute Gasteiger partial charge is 0.415 e. The molecule has 0 bridgehead atoms. The predicted octanol–water partition coefficient (Wildman–Crippen LogP) is 4.38. The molecule has 2 aliphatic rings. The summed E-state index contributed by atoms with van der Waals surface area (Å²) in [5, 5.41) is 20.5. The summed E-state index contributed by atoms with van der Waals surface area (Å²) in [6.45, 7) is 7.44. The van der Waals surface area contributed by atoms with Gasteiger partial charge in [-0.1, -0.05) is 0 Å². The van der Waals surface area contributed by atoms with Crippen LogP contribution < -0.4 is 21.1 Å². The lowest BCUT2D eigenvalue weighted by Gasteiger charge is -2.36. The fraction of sp³-hybridized carbons (Fsp3) is 0.548. The topological polar surface area (TPSA) is 139 Å².